The minimum atomic E-state index is 0.442. The van der Waals surface area contributed by atoms with E-state index in [-0.39, 0.29) is 0 Å². The van der Waals surface area contributed by atoms with Crippen LogP contribution in [0.3, 0.4) is 0 Å². The van der Waals surface area contributed by atoms with Crippen molar-refractivity contribution in [1.82, 2.24) is 24.8 Å². The van der Waals surface area contributed by atoms with Crippen LogP contribution < -0.4 is 15.4 Å². The topological polar surface area (TPSA) is 91.0 Å². The molecule has 31 heavy (non-hydrogen) atoms. The van der Waals surface area contributed by atoms with Crippen LogP contribution in [-0.4, -0.2) is 51.1 Å². The Morgan fingerprint density at radius 1 is 1.13 bits per heavy atom. The maximum atomic E-state index is 5.66. The smallest absolute Gasteiger partial charge is 0.231 e. The van der Waals surface area contributed by atoms with Gasteiger partial charge < -0.3 is 20.4 Å². The summed E-state index contributed by atoms with van der Waals surface area (Å²) in [6.07, 6.45) is 7.85. The summed E-state index contributed by atoms with van der Waals surface area (Å²) in [4.78, 5) is 19.3. The van der Waals surface area contributed by atoms with E-state index in [1.54, 1.807) is 13.4 Å². The van der Waals surface area contributed by atoms with Gasteiger partial charge in [-0.25, -0.2) is 4.98 Å². The Morgan fingerprint density at radius 2 is 1.94 bits per heavy atom. The molecule has 3 aromatic rings. The molecular formula is C23H33N7O. The van der Waals surface area contributed by atoms with Gasteiger partial charge in [-0.05, 0) is 43.6 Å². The number of hydrogen-bond donors (Lipinski definition) is 3. The highest BCUT2D eigenvalue weighted by atomic mass is 16.5. The number of benzene rings is 1. The van der Waals surface area contributed by atoms with E-state index in [0.717, 1.165) is 42.4 Å². The molecule has 0 radical (unpaired) electrons. The molecule has 0 unspecified atom stereocenters. The fourth-order valence-corrected chi connectivity index (χ4v) is 4.20. The summed E-state index contributed by atoms with van der Waals surface area (Å²) < 4.78 is 5.66. The summed E-state index contributed by atoms with van der Waals surface area (Å²) in [7, 11) is 1.69. The molecular weight excluding hydrogens is 390 g/mol. The molecule has 4 rings (SSSR count). The molecule has 0 aliphatic heterocycles. The van der Waals surface area contributed by atoms with Gasteiger partial charge in [-0.2, -0.15) is 9.97 Å². The third kappa shape index (κ3) is 5.07. The Kier molecular flexibility index (Phi) is 6.86. The first-order valence-corrected chi connectivity index (χ1v) is 11.3. The van der Waals surface area contributed by atoms with Gasteiger partial charge in [0.15, 0.2) is 11.5 Å². The number of nitrogens with one attached hydrogen (secondary N) is 3. The molecule has 8 heteroatoms. The summed E-state index contributed by atoms with van der Waals surface area (Å²) in [6.45, 7) is 7.30. The number of ether oxygens (including phenoxy) is 1. The van der Waals surface area contributed by atoms with E-state index in [1.807, 2.05) is 6.07 Å². The van der Waals surface area contributed by atoms with Gasteiger partial charge in [0.25, 0.3) is 0 Å². The summed E-state index contributed by atoms with van der Waals surface area (Å²) >= 11 is 0. The van der Waals surface area contributed by atoms with Crippen LogP contribution in [0.1, 0.15) is 51.5 Å². The van der Waals surface area contributed by atoms with Crippen LogP contribution in [0.4, 0.5) is 17.5 Å². The molecule has 1 saturated carbocycles. The van der Waals surface area contributed by atoms with Gasteiger partial charge in [-0.15, -0.1) is 0 Å². The summed E-state index contributed by atoms with van der Waals surface area (Å²) in [6, 6.07) is 6.67. The van der Waals surface area contributed by atoms with E-state index in [2.05, 4.69) is 56.5 Å². The molecule has 1 aliphatic carbocycles. The van der Waals surface area contributed by atoms with Gasteiger partial charge in [0.2, 0.25) is 5.95 Å². The number of fused-ring (bicyclic) bond motifs is 1. The van der Waals surface area contributed by atoms with E-state index < -0.39 is 0 Å². The maximum Gasteiger partial charge on any atom is 0.231 e. The van der Waals surface area contributed by atoms with Crippen molar-refractivity contribution in [3.05, 3.63) is 30.1 Å². The zero-order valence-corrected chi connectivity index (χ0v) is 18.7. The van der Waals surface area contributed by atoms with Gasteiger partial charge >= 0.3 is 0 Å². The van der Waals surface area contributed by atoms with Gasteiger partial charge in [-0.1, -0.05) is 39.2 Å². The molecule has 0 amide bonds. The van der Waals surface area contributed by atoms with Crippen molar-refractivity contribution in [3.8, 4) is 5.75 Å². The van der Waals surface area contributed by atoms with Crippen molar-refractivity contribution in [1.29, 1.82) is 0 Å². The Balaban J connectivity index is 1.57. The van der Waals surface area contributed by atoms with E-state index in [0.29, 0.717) is 17.6 Å². The minimum Gasteiger partial charge on any atom is -0.495 e. The number of nitrogens with zero attached hydrogens (tertiary/aromatic N) is 4. The number of anilines is 3. The lowest BCUT2D eigenvalue weighted by Crippen LogP contribution is -2.23. The molecule has 1 fully saturated rings. The molecule has 1 aliphatic rings. The second-order valence-corrected chi connectivity index (χ2v) is 8.10. The van der Waals surface area contributed by atoms with Crippen LogP contribution in [0.2, 0.25) is 0 Å². The van der Waals surface area contributed by atoms with Crippen molar-refractivity contribution in [2.24, 2.45) is 0 Å². The van der Waals surface area contributed by atoms with Crippen LogP contribution in [0.25, 0.3) is 11.2 Å². The third-order valence-corrected chi connectivity index (χ3v) is 6.04. The van der Waals surface area contributed by atoms with Gasteiger partial charge in [0, 0.05) is 12.6 Å². The Hall–Kier alpha value is -2.87. The maximum absolute atomic E-state index is 5.66. The van der Waals surface area contributed by atoms with Crippen LogP contribution in [-0.2, 0) is 6.54 Å². The third-order valence-electron chi connectivity index (χ3n) is 6.04. The quantitative estimate of drug-likeness (QED) is 0.460. The van der Waals surface area contributed by atoms with Crippen molar-refractivity contribution in [2.45, 2.75) is 58.5 Å². The highest BCUT2D eigenvalue weighted by Crippen LogP contribution is 2.30. The summed E-state index contributed by atoms with van der Waals surface area (Å²) in [5, 5.41) is 6.95. The fraction of sp³-hybridized carbons (Fsp3) is 0.522. The number of methoxy groups -OCH3 is 1. The molecule has 2 heterocycles. The zero-order chi connectivity index (χ0) is 21.6. The number of rotatable bonds is 9. The first-order chi connectivity index (χ1) is 15.2. The highest BCUT2D eigenvalue weighted by Gasteiger charge is 2.18. The van der Waals surface area contributed by atoms with E-state index >= 15 is 0 Å². The second-order valence-electron chi connectivity index (χ2n) is 8.10. The molecule has 2 aromatic heterocycles. The summed E-state index contributed by atoms with van der Waals surface area (Å²) in [5.41, 5.74) is 3.55. The Labute approximate surface area is 183 Å². The van der Waals surface area contributed by atoms with Crippen LogP contribution in [0.15, 0.2) is 24.5 Å². The average Bonchev–Trinajstić information content (AvgIpc) is 3.28. The molecule has 1 aromatic carbocycles. The first kappa shape index (κ1) is 21.4. The van der Waals surface area contributed by atoms with Gasteiger partial charge in [0.1, 0.15) is 11.3 Å². The highest BCUT2D eigenvalue weighted by molar-refractivity contribution is 5.84. The largest absolute Gasteiger partial charge is 0.495 e. The van der Waals surface area contributed by atoms with E-state index in [4.69, 9.17) is 9.72 Å². The number of aromatic amines is 1. The average molecular weight is 424 g/mol. The minimum absolute atomic E-state index is 0.442. The zero-order valence-electron chi connectivity index (χ0n) is 18.7. The van der Waals surface area contributed by atoms with Crippen molar-refractivity contribution >= 4 is 28.6 Å². The van der Waals surface area contributed by atoms with Gasteiger partial charge in [-0.3, -0.25) is 4.90 Å². The lowest BCUT2D eigenvalue weighted by molar-refractivity contribution is 0.295. The molecule has 8 nitrogen and oxygen atoms in total. The molecule has 0 spiro atoms. The molecule has 166 valence electrons. The number of H-pyrrole nitrogens is 1. The van der Waals surface area contributed by atoms with E-state index in [1.165, 1.54) is 37.7 Å². The predicted molar refractivity (Wildman–Crippen MR) is 125 cm³/mol. The molecule has 0 atom stereocenters. The number of aromatic nitrogens is 4. The Morgan fingerprint density at radius 3 is 2.68 bits per heavy atom. The lowest BCUT2D eigenvalue weighted by atomic mass is 9.95. The fourth-order valence-electron chi connectivity index (χ4n) is 4.20. The van der Waals surface area contributed by atoms with Crippen molar-refractivity contribution in [3.63, 3.8) is 0 Å². The van der Waals surface area contributed by atoms with Crippen molar-refractivity contribution < 1.29 is 4.74 Å². The number of hydrogen-bond acceptors (Lipinski definition) is 7. The normalized spacial score (nSPS) is 14.8. The predicted octanol–water partition coefficient (Wildman–Crippen LogP) is 4.69. The number of imidazole rings is 1. The van der Waals surface area contributed by atoms with Crippen LogP contribution >= 0.6 is 0 Å². The van der Waals surface area contributed by atoms with E-state index in [9.17, 15) is 0 Å². The summed E-state index contributed by atoms with van der Waals surface area (Å²) in [5.74, 6) is 2.08. The van der Waals surface area contributed by atoms with Gasteiger partial charge in [0.05, 0.1) is 19.1 Å². The second kappa shape index (κ2) is 9.96. The first-order valence-electron chi connectivity index (χ1n) is 11.3. The molecule has 0 bridgehead atoms. The Bertz CT molecular complexity index is 993. The molecule has 3 N–H and O–H groups in total. The lowest BCUT2D eigenvalue weighted by Gasteiger charge is -2.23. The van der Waals surface area contributed by atoms with Crippen molar-refractivity contribution in [2.75, 3.05) is 30.8 Å². The monoisotopic (exact) mass is 423 g/mol. The van der Waals surface area contributed by atoms with Crippen LogP contribution in [0, 0.1) is 0 Å². The molecule has 0 saturated heterocycles. The van der Waals surface area contributed by atoms with Crippen LogP contribution in [0.5, 0.6) is 5.75 Å². The SMILES string of the molecule is CCN(CC)Cc1ccc(Nc2nc(NC3CCCCC3)c3[nH]cnc3n2)c(OC)c1. The standard InChI is InChI=1S/C23H33N7O/c1-4-30(5-2)14-16-11-12-18(19(13-16)31-3)27-23-28-21-20(24-15-25-21)22(29-23)26-17-9-7-6-8-10-17/h11-13,15,17H,4-10,14H2,1-3H3,(H3,24,25,26,27,28,29).